The molecule has 0 spiro atoms. The Balaban J connectivity index is 0.00000361. The lowest BCUT2D eigenvalue weighted by Crippen LogP contribution is -2.41. The van der Waals surface area contributed by atoms with Crippen LogP contribution in [0.3, 0.4) is 0 Å². The van der Waals surface area contributed by atoms with Gasteiger partial charge in [0.15, 0.2) is 5.96 Å². The maximum absolute atomic E-state index is 12.2. The number of alkyl halides is 3. The lowest BCUT2D eigenvalue weighted by Gasteiger charge is -2.17. The number of methoxy groups -OCH3 is 1. The van der Waals surface area contributed by atoms with Crippen LogP contribution < -0.4 is 11.1 Å². The molecule has 2 unspecified atom stereocenters. The van der Waals surface area contributed by atoms with E-state index in [4.69, 9.17) is 10.5 Å². The highest BCUT2D eigenvalue weighted by Gasteiger charge is 2.34. The first kappa shape index (κ1) is 19.7. The molecule has 1 aliphatic rings. The molecule has 0 saturated carbocycles. The molecule has 1 rings (SSSR count). The summed E-state index contributed by atoms with van der Waals surface area (Å²) in [6, 6.07) is -0.161. The fraction of sp³-hybridized carbons (Fsp3) is 0.909. The molecule has 1 aliphatic heterocycles. The van der Waals surface area contributed by atoms with Crippen LogP contribution in [0.15, 0.2) is 4.99 Å². The van der Waals surface area contributed by atoms with E-state index >= 15 is 0 Å². The van der Waals surface area contributed by atoms with Crippen molar-refractivity contribution in [3.63, 3.8) is 0 Å². The second kappa shape index (κ2) is 8.88. The molecular formula is C11H22F3IN4O. The Hall–Kier alpha value is -0.290. The van der Waals surface area contributed by atoms with E-state index in [2.05, 4.69) is 10.3 Å². The van der Waals surface area contributed by atoms with Gasteiger partial charge in [-0.1, -0.05) is 0 Å². The first-order valence-corrected chi connectivity index (χ1v) is 6.18. The number of halogens is 4. The molecule has 5 nitrogen and oxygen atoms in total. The Morgan fingerprint density at radius 2 is 2.20 bits per heavy atom. The van der Waals surface area contributed by atoms with Crippen molar-refractivity contribution >= 4 is 29.9 Å². The van der Waals surface area contributed by atoms with Gasteiger partial charge in [-0.25, -0.2) is 4.99 Å². The Labute approximate surface area is 134 Å². The van der Waals surface area contributed by atoms with Crippen LogP contribution in [0.4, 0.5) is 13.2 Å². The largest absolute Gasteiger partial charge is 0.401 e. The first-order valence-electron chi connectivity index (χ1n) is 6.18. The van der Waals surface area contributed by atoms with Gasteiger partial charge in [0, 0.05) is 26.2 Å². The second-order valence-electron chi connectivity index (χ2n) is 4.81. The third-order valence-corrected chi connectivity index (χ3v) is 2.78. The van der Waals surface area contributed by atoms with Gasteiger partial charge in [0.1, 0.15) is 0 Å². The lowest BCUT2D eigenvalue weighted by molar-refractivity contribution is -0.143. The summed E-state index contributed by atoms with van der Waals surface area (Å²) in [6.45, 7) is 2.18. The molecule has 20 heavy (non-hydrogen) atoms. The van der Waals surface area contributed by atoms with Crippen molar-refractivity contribution in [2.45, 2.75) is 31.6 Å². The number of nitrogens with two attached hydrogens (primary N) is 1. The highest BCUT2D eigenvalue weighted by molar-refractivity contribution is 14.0. The van der Waals surface area contributed by atoms with Crippen molar-refractivity contribution < 1.29 is 17.9 Å². The third-order valence-electron chi connectivity index (χ3n) is 2.78. The number of aliphatic imine (C=N–C) groups is 1. The van der Waals surface area contributed by atoms with Crippen LogP contribution in [0, 0.1) is 0 Å². The molecule has 0 aromatic carbocycles. The molecule has 120 valence electrons. The van der Waals surface area contributed by atoms with E-state index in [-0.39, 0.29) is 42.0 Å². The minimum Gasteiger partial charge on any atom is -0.383 e. The first-order chi connectivity index (χ1) is 8.80. The van der Waals surface area contributed by atoms with E-state index in [1.54, 1.807) is 7.11 Å². The molecule has 1 saturated heterocycles. The summed E-state index contributed by atoms with van der Waals surface area (Å²) in [6.07, 6.45) is -3.56. The van der Waals surface area contributed by atoms with E-state index in [0.29, 0.717) is 26.1 Å². The number of nitrogens with zero attached hydrogens (tertiary/aromatic N) is 2. The standard InChI is InChI=1S/C11H21F3N4O.HI/c1-8(6-19-2)16-10(15)17-9-3-4-18(5-9)7-11(12,13)14;/h8-9H,3-7H2,1-2H3,(H3,15,16,17);1H. The SMILES string of the molecule is COCC(C)NC(N)=NC1CCN(CC(F)(F)F)C1.I. The highest BCUT2D eigenvalue weighted by atomic mass is 127. The monoisotopic (exact) mass is 410 g/mol. The van der Waals surface area contributed by atoms with Crippen LogP contribution in [-0.4, -0.2) is 62.5 Å². The predicted octanol–water partition coefficient (Wildman–Crippen LogP) is 1.18. The van der Waals surface area contributed by atoms with Crippen molar-refractivity contribution in [2.24, 2.45) is 10.7 Å². The zero-order chi connectivity index (χ0) is 14.5. The fourth-order valence-electron chi connectivity index (χ4n) is 2.09. The van der Waals surface area contributed by atoms with Crippen molar-refractivity contribution in [3.05, 3.63) is 0 Å². The predicted molar refractivity (Wildman–Crippen MR) is 82.4 cm³/mol. The fourth-order valence-corrected chi connectivity index (χ4v) is 2.09. The van der Waals surface area contributed by atoms with Gasteiger partial charge in [-0.05, 0) is 13.3 Å². The number of likely N-dealkylation sites (tertiary alicyclic amines) is 1. The molecular weight excluding hydrogens is 388 g/mol. The van der Waals surface area contributed by atoms with Crippen molar-refractivity contribution in [1.82, 2.24) is 10.2 Å². The van der Waals surface area contributed by atoms with Crippen LogP contribution in [0.2, 0.25) is 0 Å². The number of ether oxygens (including phenoxy) is 1. The van der Waals surface area contributed by atoms with Crippen molar-refractivity contribution in [3.8, 4) is 0 Å². The quantitative estimate of drug-likeness (QED) is 0.406. The second-order valence-corrected chi connectivity index (χ2v) is 4.81. The van der Waals surface area contributed by atoms with Crippen molar-refractivity contribution in [2.75, 3.05) is 33.4 Å². The number of guanidine groups is 1. The van der Waals surface area contributed by atoms with Crippen LogP contribution in [0.5, 0.6) is 0 Å². The molecule has 0 amide bonds. The zero-order valence-corrected chi connectivity index (χ0v) is 13.9. The summed E-state index contributed by atoms with van der Waals surface area (Å²) in [5, 5.41) is 2.93. The zero-order valence-electron chi connectivity index (χ0n) is 11.6. The van der Waals surface area contributed by atoms with Crippen LogP contribution in [0.25, 0.3) is 0 Å². The molecule has 1 fully saturated rings. The van der Waals surface area contributed by atoms with E-state index in [0.717, 1.165) is 0 Å². The molecule has 0 aromatic heterocycles. The van der Waals surface area contributed by atoms with E-state index in [1.807, 2.05) is 6.92 Å². The summed E-state index contributed by atoms with van der Waals surface area (Å²) < 4.78 is 41.6. The van der Waals surface area contributed by atoms with E-state index in [9.17, 15) is 13.2 Å². The number of nitrogens with one attached hydrogen (secondary N) is 1. The summed E-state index contributed by atoms with van der Waals surface area (Å²) in [4.78, 5) is 5.54. The van der Waals surface area contributed by atoms with E-state index in [1.165, 1.54) is 4.90 Å². The summed E-state index contributed by atoms with van der Waals surface area (Å²) in [7, 11) is 1.58. The molecule has 0 aliphatic carbocycles. The summed E-state index contributed by atoms with van der Waals surface area (Å²) in [5.74, 6) is 0.253. The Morgan fingerprint density at radius 3 is 2.75 bits per heavy atom. The molecule has 3 N–H and O–H groups in total. The summed E-state index contributed by atoms with van der Waals surface area (Å²) in [5.41, 5.74) is 5.70. The van der Waals surface area contributed by atoms with E-state index < -0.39 is 12.7 Å². The molecule has 1 heterocycles. The average Bonchev–Trinajstić information content (AvgIpc) is 2.62. The average molecular weight is 410 g/mol. The summed E-state index contributed by atoms with van der Waals surface area (Å²) >= 11 is 0. The Bertz CT molecular complexity index is 315. The van der Waals surface area contributed by atoms with Gasteiger partial charge < -0.3 is 15.8 Å². The molecule has 0 bridgehead atoms. The minimum absolute atomic E-state index is 0. The smallest absolute Gasteiger partial charge is 0.383 e. The van der Waals surface area contributed by atoms with Crippen LogP contribution >= 0.6 is 24.0 Å². The normalized spacial score (nSPS) is 22.4. The van der Waals surface area contributed by atoms with Gasteiger partial charge >= 0.3 is 6.18 Å². The lowest BCUT2D eigenvalue weighted by atomic mass is 10.3. The van der Waals surface area contributed by atoms with Gasteiger partial charge in [-0.2, -0.15) is 13.2 Å². The number of hydrogen-bond acceptors (Lipinski definition) is 3. The van der Waals surface area contributed by atoms with Gasteiger partial charge in [0.2, 0.25) is 0 Å². The topological polar surface area (TPSA) is 62.9 Å². The maximum Gasteiger partial charge on any atom is 0.401 e. The van der Waals surface area contributed by atoms with Gasteiger partial charge in [-0.15, -0.1) is 24.0 Å². The van der Waals surface area contributed by atoms with Crippen LogP contribution in [0.1, 0.15) is 13.3 Å². The Kier molecular flexibility index (Phi) is 8.75. The Morgan fingerprint density at radius 1 is 1.55 bits per heavy atom. The van der Waals surface area contributed by atoms with Gasteiger partial charge in [-0.3, -0.25) is 4.90 Å². The third kappa shape index (κ3) is 8.10. The number of hydrogen-bond donors (Lipinski definition) is 2. The number of rotatable bonds is 5. The van der Waals surface area contributed by atoms with Gasteiger partial charge in [0.25, 0.3) is 0 Å². The minimum atomic E-state index is -4.16. The molecule has 9 heteroatoms. The van der Waals surface area contributed by atoms with Crippen molar-refractivity contribution in [1.29, 1.82) is 0 Å². The van der Waals surface area contributed by atoms with Gasteiger partial charge in [0.05, 0.1) is 19.2 Å². The van der Waals surface area contributed by atoms with Crippen LogP contribution in [-0.2, 0) is 4.74 Å². The maximum atomic E-state index is 12.2. The highest BCUT2D eigenvalue weighted by Crippen LogP contribution is 2.20. The molecule has 2 atom stereocenters. The molecule has 0 aromatic rings. The molecule has 0 radical (unpaired) electrons.